The van der Waals surface area contributed by atoms with Gasteiger partial charge in [0.05, 0.1) is 16.1 Å². The van der Waals surface area contributed by atoms with Crippen LogP contribution in [0.25, 0.3) is 0 Å². The summed E-state index contributed by atoms with van der Waals surface area (Å²) in [6.45, 7) is 0.347. The molecule has 1 atom stereocenters. The summed E-state index contributed by atoms with van der Waals surface area (Å²) >= 11 is 5.29. The topological polar surface area (TPSA) is 57.4 Å². The van der Waals surface area contributed by atoms with Gasteiger partial charge in [-0.25, -0.2) is 0 Å². The van der Waals surface area contributed by atoms with E-state index in [-0.39, 0.29) is 5.37 Å². The average Bonchev–Trinajstić information content (AvgIpc) is 3.24. The van der Waals surface area contributed by atoms with E-state index >= 15 is 0 Å². The van der Waals surface area contributed by atoms with E-state index < -0.39 is 0 Å². The summed E-state index contributed by atoms with van der Waals surface area (Å²) in [5.74, 6) is 0.740. The van der Waals surface area contributed by atoms with Crippen molar-refractivity contribution in [2.45, 2.75) is 12.0 Å². The summed E-state index contributed by atoms with van der Waals surface area (Å²) in [4.78, 5) is 0. The van der Waals surface area contributed by atoms with E-state index in [2.05, 4.69) is 44.7 Å². The number of hydrazone groups is 1. The van der Waals surface area contributed by atoms with Gasteiger partial charge in [-0.15, -0.1) is 0 Å². The molecular weight excluding hydrogens is 434 g/mol. The predicted octanol–water partition coefficient (Wildman–Crippen LogP) is 5.60. The minimum absolute atomic E-state index is 0.0554. The molecule has 0 fully saturated rings. The first kappa shape index (κ1) is 18.6. The molecule has 28 heavy (non-hydrogen) atoms. The van der Waals surface area contributed by atoms with E-state index in [9.17, 15) is 5.26 Å². The Morgan fingerprint density at radius 3 is 2.64 bits per heavy atom. The fourth-order valence-corrected chi connectivity index (χ4v) is 4.35. The molecule has 0 amide bonds. The molecule has 0 radical (unpaired) electrons. The number of nitrogens with one attached hydrogen (secondary N) is 1. The predicted molar refractivity (Wildman–Crippen MR) is 116 cm³/mol. The van der Waals surface area contributed by atoms with Crippen LogP contribution in [0.4, 0.5) is 0 Å². The van der Waals surface area contributed by atoms with Gasteiger partial charge in [-0.3, -0.25) is 5.43 Å². The first-order valence-corrected chi connectivity index (χ1v) is 10.4. The standard InChI is InChI=1S/C22H16BrN3OS/c23-19-12-16(22-26-25-21(28-22)15-6-2-1-3-7-15)10-11-20(19)27-14-18-9-5-4-8-17(18)13-24/h1-12,22,26H,14H2. The summed E-state index contributed by atoms with van der Waals surface area (Å²) in [5, 5.41) is 14.7. The van der Waals surface area contributed by atoms with Crippen molar-refractivity contribution in [3.8, 4) is 11.8 Å². The summed E-state index contributed by atoms with van der Waals surface area (Å²) in [7, 11) is 0. The zero-order chi connectivity index (χ0) is 19.3. The van der Waals surface area contributed by atoms with Gasteiger partial charge in [0, 0.05) is 11.1 Å². The Morgan fingerprint density at radius 1 is 1.07 bits per heavy atom. The Kier molecular flexibility index (Phi) is 5.65. The van der Waals surface area contributed by atoms with Crippen LogP contribution in [0.3, 0.4) is 0 Å². The maximum absolute atomic E-state index is 9.20. The van der Waals surface area contributed by atoms with Crippen molar-refractivity contribution in [2.75, 3.05) is 0 Å². The van der Waals surface area contributed by atoms with Gasteiger partial charge in [-0.1, -0.05) is 66.4 Å². The van der Waals surface area contributed by atoms with Gasteiger partial charge in [0.2, 0.25) is 0 Å². The van der Waals surface area contributed by atoms with Gasteiger partial charge in [-0.2, -0.15) is 10.4 Å². The molecule has 138 valence electrons. The van der Waals surface area contributed by atoms with E-state index in [4.69, 9.17) is 4.74 Å². The minimum Gasteiger partial charge on any atom is -0.488 e. The number of hydrogen-bond donors (Lipinski definition) is 1. The molecule has 1 N–H and O–H groups in total. The van der Waals surface area contributed by atoms with Gasteiger partial charge in [0.15, 0.2) is 0 Å². The number of nitriles is 1. The molecular formula is C22H16BrN3OS. The van der Waals surface area contributed by atoms with Crippen LogP contribution in [0.5, 0.6) is 5.75 Å². The molecule has 0 saturated carbocycles. The van der Waals surface area contributed by atoms with Crippen LogP contribution in [-0.2, 0) is 6.61 Å². The van der Waals surface area contributed by atoms with Crippen LogP contribution in [0, 0.1) is 11.3 Å². The van der Waals surface area contributed by atoms with Crippen molar-refractivity contribution in [2.24, 2.45) is 5.10 Å². The molecule has 0 saturated heterocycles. The van der Waals surface area contributed by atoms with E-state index in [1.54, 1.807) is 17.8 Å². The second-order valence-electron chi connectivity index (χ2n) is 6.16. The van der Waals surface area contributed by atoms with Crippen molar-refractivity contribution in [1.29, 1.82) is 5.26 Å². The van der Waals surface area contributed by atoms with Gasteiger partial charge in [0.1, 0.15) is 22.8 Å². The quantitative estimate of drug-likeness (QED) is 0.550. The highest BCUT2D eigenvalue weighted by molar-refractivity contribution is 9.10. The molecule has 6 heteroatoms. The highest BCUT2D eigenvalue weighted by atomic mass is 79.9. The largest absolute Gasteiger partial charge is 0.488 e. The Balaban J connectivity index is 1.43. The molecule has 1 aliphatic rings. The van der Waals surface area contributed by atoms with Crippen molar-refractivity contribution < 1.29 is 4.74 Å². The zero-order valence-corrected chi connectivity index (χ0v) is 17.2. The van der Waals surface area contributed by atoms with E-state index in [1.165, 1.54) is 0 Å². The SMILES string of the molecule is N#Cc1ccccc1COc1ccc(C2NN=C(c3ccccc3)S2)cc1Br. The third kappa shape index (κ3) is 4.06. The van der Waals surface area contributed by atoms with Crippen LogP contribution >= 0.6 is 27.7 Å². The molecule has 0 spiro atoms. The molecule has 0 bridgehead atoms. The molecule has 4 rings (SSSR count). The van der Waals surface area contributed by atoms with Crippen molar-refractivity contribution in [3.05, 3.63) is 99.5 Å². The van der Waals surface area contributed by atoms with Crippen molar-refractivity contribution in [3.63, 3.8) is 0 Å². The second kappa shape index (κ2) is 8.51. The number of nitrogens with zero attached hydrogens (tertiary/aromatic N) is 2. The Labute approximate surface area is 176 Å². The second-order valence-corrected chi connectivity index (χ2v) is 8.11. The highest BCUT2D eigenvalue weighted by Crippen LogP contribution is 2.37. The van der Waals surface area contributed by atoms with Crippen LogP contribution < -0.4 is 10.2 Å². The normalized spacial score (nSPS) is 15.4. The molecule has 1 heterocycles. The van der Waals surface area contributed by atoms with E-state index in [0.717, 1.165) is 32.0 Å². The first-order chi connectivity index (χ1) is 13.7. The van der Waals surface area contributed by atoms with Crippen molar-refractivity contribution in [1.82, 2.24) is 5.43 Å². The third-order valence-electron chi connectivity index (χ3n) is 4.31. The van der Waals surface area contributed by atoms with Crippen LogP contribution in [0.15, 0.2) is 82.4 Å². The summed E-state index contributed by atoms with van der Waals surface area (Å²) in [6, 6.07) is 25.8. The lowest BCUT2D eigenvalue weighted by molar-refractivity contribution is 0.304. The van der Waals surface area contributed by atoms with Gasteiger partial charge < -0.3 is 4.74 Å². The van der Waals surface area contributed by atoms with Crippen LogP contribution in [-0.4, -0.2) is 5.04 Å². The molecule has 0 aromatic heterocycles. The monoisotopic (exact) mass is 449 g/mol. The molecule has 3 aromatic carbocycles. The maximum Gasteiger partial charge on any atom is 0.134 e. The van der Waals surface area contributed by atoms with Gasteiger partial charge >= 0.3 is 0 Å². The minimum atomic E-state index is 0.0554. The smallest absolute Gasteiger partial charge is 0.134 e. The Morgan fingerprint density at radius 2 is 1.86 bits per heavy atom. The number of hydrogen-bond acceptors (Lipinski definition) is 5. The molecule has 1 unspecified atom stereocenters. The number of rotatable bonds is 5. The Bertz CT molecular complexity index is 1060. The lowest BCUT2D eigenvalue weighted by atomic mass is 10.1. The van der Waals surface area contributed by atoms with Crippen LogP contribution in [0.1, 0.15) is 27.6 Å². The summed E-state index contributed by atoms with van der Waals surface area (Å²) < 4.78 is 6.79. The molecule has 0 aliphatic carbocycles. The van der Waals surface area contributed by atoms with E-state index in [0.29, 0.717) is 12.2 Å². The molecule has 1 aliphatic heterocycles. The van der Waals surface area contributed by atoms with E-state index in [1.807, 2.05) is 54.6 Å². The third-order valence-corrected chi connectivity index (χ3v) is 6.10. The lowest BCUT2D eigenvalue weighted by Crippen LogP contribution is -2.07. The zero-order valence-electron chi connectivity index (χ0n) is 14.8. The maximum atomic E-state index is 9.20. The first-order valence-electron chi connectivity index (χ1n) is 8.70. The lowest BCUT2D eigenvalue weighted by Gasteiger charge is -2.13. The average molecular weight is 450 g/mol. The molecule has 3 aromatic rings. The van der Waals surface area contributed by atoms with Gasteiger partial charge in [-0.05, 0) is 39.7 Å². The fourth-order valence-electron chi connectivity index (χ4n) is 2.85. The Hall–Kier alpha value is -2.75. The number of halogens is 1. The van der Waals surface area contributed by atoms with Gasteiger partial charge in [0.25, 0.3) is 0 Å². The molecule has 4 nitrogen and oxygen atoms in total. The fraction of sp³-hybridized carbons (Fsp3) is 0.0909. The number of ether oxygens (including phenoxy) is 1. The van der Waals surface area contributed by atoms with Crippen LogP contribution in [0.2, 0.25) is 0 Å². The van der Waals surface area contributed by atoms with Crippen molar-refractivity contribution >= 4 is 32.7 Å². The highest BCUT2D eigenvalue weighted by Gasteiger charge is 2.22. The number of benzene rings is 3. The number of thioether (sulfide) groups is 1. The summed E-state index contributed by atoms with van der Waals surface area (Å²) in [5.41, 5.74) is 6.91. The summed E-state index contributed by atoms with van der Waals surface area (Å²) in [6.07, 6.45) is 0.